The third-order valence-electron chi connectivity index (χ3n) is 5.27. The van der Waals surface area contributed by atoms with Crippen molar-refractivity contribution in [3.63, 3.8) is 0 Å². The zero-order valence-electron chi connectivity index (χ0n) is 26.3. The van der Waals surface area contributed by atoms with Gasteiger partial charge in [-0.25, -0.2) is 0 Å². The second kappa shape index (κ2) is 25.9. The summed E-state index contributed by atoms with van der Waals surface area (Å²) in [5, 5.41) is 2.98. The Hall–Kier alpha value is -2.76. The molecule has 0 aliphatic carbocycles. The predicted octanol–water partition coefficient (Wildman–Crippen LogP) is 9.02. The van der Waals surface area contributed by atoms with Gasteiger partial charge in [-0.15, -0.1) is 13.2 Å². The number of pyridine rings is 1. The van der Waals surface area contributed by atoms with E-state index in [4.69, 9.17) is 15.5 Å². The molecule has 3 N–H and O–H groups in total. The van der Waals surface area contributed by atoms with E-state index < -0.39 is 0 Å². The first-order chi connectivity index (χ1) is 18.1. The Balaban J connectivity index is -0.000000719. The van der Waals surface area contributed by atoms with E-state index in [1.807, 2.05) is 66.0 Å². The number of anilines is 1. The van der Waals surface area contributed by atoms with Crippen LogP contribution in [0.1, 0.15) is 93.7 Å². The summed E-state index contributed by atoms with van der Waals surface area (Å²) in [5.74, 6) is 0. The van der Waals surface area contributed by atoms with Crippen LogP contribution in [0.25, 0.3) is 0 Å². The first-order valence-corrected chi connectivity index (χ1v) is 13.8. The Bertz CT molecular complexity index is 868. The first kappa shape index (κ1) is 39.7. The van der Waals surface area contributed by atoms with E-state index in [9.17, 15) is 0 Å². The minimum absolute atomic E-state index is 0.172. The molecule has 0 aliphatic rings. The molecular weight excluding hydrogens is 468 g/mol. The van der Waals surface area contributed by atoms with Crippen LogP contribution in [0, 0.1) is 0 Å². The number of allylic oxidation sites excluding steroid dienone is 6. The van der Waals surface area contributed by atoms with Crippen LogP contribution >= 0.6 is 0 Å². The zero-order valence-corrected chi connectivity index (χ0v) is 26.3. The standard InChI is InChI=1S/C22H37NO.C7H11N3.C2H6.C2H4/c1-9-12-13-14-19(6)21(23-20(7)18(4)5)17-22(8,15-10-2)24-16-11-3;1-9-5-7-6(8)3-2-4-10-7;2*1-2/h9,12-14H,4,10-11,15-17H2,1-3,5-8H3;2-4,9H,5,8H2,1H3;1-2H3;1-2H2/b12-9-,14-13-,21-19+,23-20?;;;. The summed E-state index contributed by atoms with van der Waals surface area (Å²) in [5.41, 5.74) is 11.3. The molecule has 0 amide bonds. The largest absolute Gasteiger partial charge is 0.397 e. The van der Waals surface area contributed by atoms with E-state index >= 15 is 0 Å². The number of ether oxygens (including phenoxy) is 1. The maximum atomic E-state index is 6.20. The number of hydrogen-bond donors (Lipinski definition) is 2. The van der Waals surface area contributed by atoms with Gasteiger partial charge in [-0.1, -0.05) is 65.0 Å². The second-order valence-corrected chi connectivity index (χ2v) is 8.79. The van der Waals surface area contributed by atoms with Gasteiger partial charge in [-0.2, -0.15) is 0 Å². The van der Waals surface area contributed by atoms with Crippen LogP contribution in [-0.2, 0) is 11.3 Å². The number of nitrogens with one attached hydrogen (secondary N) is 1. The topological polar surface area (TPSA) is 72.5 Å². The molecule has 1 aromatic rings. The molecule has 1 heterocycles. The van der Waals surface area contributed by atoms with Crippen molar-refractivity contribution in [2.75, 3.05) is 19.4 Å². The van der Waals surface area contributed by atoms with E-state index in [0.717, 1.165) is 67.2 Å². The molecule has 1 atom stereocenters. The van der Waals surface area contributed by atoms with Crippen molar-refractivity contribution in [3.8, 4) is 0 Å². The lowest BCUT2D eigenvalue weighted by Gasteiger charge is -2.30. The Morgan fingerprint density at radius 1 is 1.16 bits per heavy atom. The third-order valence-corrected chi connectivity index (χ3v) is 5.27. The minimum Gasteiger partial charge on any atom is -0.397 e. The Morgan fingerprint density at radius 2 is 1.79 bits per heavy atom. The van der Waals surface area contributed by atoms with Crippen molar-refractivity contribution < 1.29 is 4.74 Å². The molecule has 0 saturated heterocycles. The molecule has 1 rings (SSSR count). The Kier molecular flexibility index (Phi) is 27.1. The average molecular weight is 527 g/mol. The molecule has 0 radical (unpaired) electrons. The lowest BCUT2D eigenvalue weighted by atomic mass is 9.92. The fourth-order valence-corrected chi connectivity index (χ4v) is 3.18. The van der Waals surface area contributed by atoms with Crippen LogP contribution in [0.4, 0.5) is 5.69 Å². The van der Waals surface area contributed by atoms with Crippen molar-refractivity contribution in [3.05, 3.63) is 84.9 Å². The van der Waals surface area contributed by atoms with E-state index in [0.29, 0.717) is 0 Å². The number of aromatic nitrogens is 1. The van der Waals surface area contributed by atoms with Gasteiger partial charge in [0.15, 0.2) is 0 Å². The highest BCUT2D eigenvalue weighted by Gasteiger charge is 2.26. The molecule has 5 heteroatoms. The van der Waals surface area contributed by atoms with Crippen molar-refractivity contribution >= 4 is 11.4 Å². The normalized spacial score (nSPS) is 13.3. The number of nitrogen functional groups attached to an aromatic ring is 1. The van der Waals surface area contributed by atoms with Crippen LogP contribution in [0.5, 0.6) is 0 Å². The SMILES string of the molecule is C=C.C=C(C)C(C)=N/C(CC(C)(CCC)OCCC)=C(C)/C=C\C=C/C.CC.CNCc1ncccc1N. The summed E-state index contributed by atoms with van der Waals surface area (Å²) in [7, 11) is 1.87. The van der Waals surface area contributed by atoms with Crippen molar-refractivity contribution in [1.82, 2.24) is 10.3 Å². The van der Waals surface area contributed by atoms with Gasteiger partial charge < -0.3 is 15.8 Å². The number of nitrogens with two attached hydrogens (primary N) is 1. The second-order valence-electron chi connectivity index (χ2n) is 8.79. The zero-order chi connectivity index (χ0) is 30.0. The van der Waals surface area contributed by atoms with Crippen molar-refractivity contribution in [2.24, 2.45) is 4.99 Å². The Morgan fingerprint density at radius 3 is 2.26 bits per heavy atom. The fraction of sp³-hybridized carbons (Fsp3) is 0.515. The summed E-state index contributed by atoms with van der Waals surface area (Å²) >= 11 is 0. The third kappa shape index (κ3) is 19.4. The molecule has 0 saturated carbocycles. The van der Waals surface area contributed by atoms with Gasteiger partial charge in [0, 0.05) is 37.2 Å². The molecule has 216 valence electrons. The molecule has 0 fully saturated rings. The molecule has 0 bridgehead atoms. The van der Waals surface area contributed by atoms with Crippen molar-refractivity contribution in [1.29, 1.82) is 0 Å². The van der Waals surface area contributed by atoms with E-state index in [1.165, 1.54) is 5.57 Å². The molecule has 0 aliphatic heterocycles. The fourth-order valence-electron chi connectivity index (χ4n) is 3.18. The average Bonchev–Trinajstić information content (AvgIpc) is 2.91. The lowest BCUT2D eigenvalue weighted by molar-refractivity contribution is -0.0376. The molecule has 0 spiro atoms. The molecule has 38 heavy (non-hydrogen) atoms. The molecule has 0 aromatic carbocycles. The quantitative estimate of drug-likeness (QED) is 0.153. The van der Waals surface area contributed by atoms with Crippen molar-refractivity contribution in [2.45, 2.75) is 100 Å². The highest BCUT2D eigenvalue weighted by molar-refractivity contribution is 5.97. The van der Waals surface area contributed by atoms with Crippen LogP contribution in [0.3, 0.4) is 0 Å². The lowest BCUT2D eigenvalue weighted by Crippen LogP contribution is -2.30. The van der Waals surface area contributed by atoms with Gasteiger partial charge in [-0.05, 0) is 77.8 Å². The molecule has 5 nitrogen and oxygen atoms in total. The summed E-state index contributed by atoms with van der Waals surface area (Å²) in [6, 6.07) is 3.67. The van der Waals surface area contributed by atoms with Crippen LogP contribution in [-0.4, -0.2) is 30.0 Å². The van der Waals surface area contributed by atoms with Crippen LogP contribution in [0.2, 0.25) is 0 Å². The Labute approximate surface area is 235 Å². The summed E-state index contributed by atoms with van der Waals surface area (Å²) in [6.07, 6.45) is 14.0. The van der Waals surface area contributed by atoms with Crippen LogP contribution in [0.15, 0.2) is 84.2 Å². The van der Waals surface area contributed by atoms with Gasteiger partial charge in [0.2, 0.25) is 0 Å². The van der Waals surface area contributed by atoms with E-state index in [2.05, 4.69) is 69.9 Å². The van der Waals surface area contributed by atoms with Gasteiger partial charge >= 0.3 is 0 Å². The maximum Gasteiger partial charge on any atom is 0.0770 e. The highest BCUT2D eigenvalue weighted by atomic mass is 16.5. The van der Waals surface area contributed by atoms with Gasteiger partial charge in [0.05, 0.1) is 17.0 Å². The molecule has 1 aromatic heterocycles. The summed E-state index contributed by atoms with van der Waals surface area (Å²) in [6.45, 7) is 30.3. The maximum absolute atomic E-state index is 6.20. The number of aliphatic imine (C=N–C) groups is 1. The molecule has 1 unspecified atom stereocenters. The van der Waals surface area contributed by atoms with Gasteiger partial charge in [0.25, 0.3) is 0 Å². The summed E-state index contributed by atoms with van der Waals surface area (Å²) < 4.78 is 6.20. The number of hydrogen-bond acceptors (Lipinski definition) is 5. The molecular formula is C33H58N4O. The monoisotopic (exact) mass is 526 g/mol. The minimum atomic E-state index is -0.172. The van der Waals surface area contributed by atoms with Crippen LogP contribution < -0.4 is 11.1 Å². The highest BCUT2D eigenvalue weighted by Crippen LogP contribution is 2.29. The smallest absolute Gasteiger partial charge is 0.0770 e. The number of nitrogens with zero attached hydrogens (tertiary/aromatic N) is 2. The van der Waals surface area contributed by atoms with E-state index in [-0.39, 0.29) is 5.60 Å². The van der Waals surface area contributed by atoms with Gasteiger partial charge in [-0.3, -0.25) is 9.98 Å². The van der Waals surface area contributed by atoms with Gasteiger partial charge in [0.1, 0.15) is 0 Å². The summed E-state index contributed by atoms with van der Waals surface area (Å²) in [4.78, 5) is 8.95. The first-order valence-electron chi connectivity index (χ1n) is 13.8. The number of rotatable bonds is 13. The predicted molar refractivity (Wildman–Crippen MR) is 173 cm³/mol. The van der Waals surface area contributed by atoms with E-state index in [1.54, 1.807) is 6.20 Å².